The first-order valence-corrected chi connectivity index (χ1v) is 6.44. The molecule has 0 radical (unpaired) electrons. The van der Waals surface area contributed by atoms with Crippen molar-refractivity contribution in [2.45, 2.75) is 20.3 Å². The van der Waals surface area contributed by atoms with E-state index in [0.717, 1.165) is 39.9 Å². The van der Waals surface area contributed by atoms with E-state index in [2.05, 4.69) is 24.2 Å². The molecule has 96 valence electrons. The number of hydrogen-bond donors (Lipinski definition) is 1. The lowest BCUT2D eigenvalue weighted by molar-refractivity contribution is 0.459. The van der Waals surface area contributed by atoms with E-state index in [1.807, 2.05) is 31.2 Å². The SMILES string of the molecule is CCc1ccc2onc(-c3ccc(C)c(N)c3)c2c1. The molecular weight excluding hydrogens is 236 g/mol. The number of nitrogens with zero attached hydrogens (tertiary/aromatic N) is 1. The monoisotopic (exact) mass is 252 g/mol. The average Bonchev–Trinajstić information content (AvgIpc) is 2.84. The van der Waals surface area contributed by atoms with Crippen LogP contribution in [0.4, 0.5) is 5.69 Å². The van der Waals surface area contributed by atoms with Gasteiger partial charge in [0.1, 0.15) is 5.69 Å². The molecule has 3 rings (SSSR count). The van der Waals surface area contributed by atoms with Crippen LogP contribution >= 0.6 is 0 Å². The highest BCUT2D eigenvalue weighted by Crippen LogP contribution is 2.30. The highest BCUT2D eigenvalue weighted by Gasteiger charge is 2.11. The van der Waals surface area contributed by atoms with Gasteiger partial charge in [-0.05, 0) is 42.7 Å². The molecule has 2 N–H and O–H groups in total. The van der Waals surface area contributed by atoms with Crippen LogP contribution in [0.2, 0.25) is 0 Å². The van der Waals surface area contributed by atoms with Gasteiger partial charge < -0.3 is 10.3 Å². The smallest absolute Gasteiger partial charge is 0.167 e. The summed E-state index contributed by atoms with van der Waals surface area (Å²) >= 11 is 0. The maximum atomic E-state index is 5.97. The quantitative estimate of drug-likeness (QED) is 0.702. The molecule has 0 spiro atoms. The number of hydrogen-bond acceptors (Lipinski definition) is 3. The van der Waals surface area contributed by atoms with Crippen molar-refractivity contribution in [2.75, 3.05) is 5.73 Å². The van der Waals surface area contributed by atoms with Crippen LogP contribution in [0.1, 0.15) is 18.1 Å². The zero-order valence-corrected chi connectivity index (χ0v) is 11.1. The Bertz CT molecular complexity index is 744. The Kier molecular flexibility index (Phi) is 2.75. The van der Waals surface area contributed by atoms with Crippen molar-refractivity contribution in [3.63, 3.8) is 0 Å². The fourth-order valence-electron chi connectivity index (χ4n) is 2.20. The fraction of sp³-hybridized carbons (Fsp3) is 0.188. The summed E-state index contributed by atoms with van der Waals surface area (Å²) in [6.07, 6.45) is 0.997. The maximum absolute atomic E-state index is 5.97. The Morgan fingerprint density at radius 1 is 1.16 bits per heavy atom. The van der Waals surface area contributed by atoms with Crippen LogP contribution in [0.5, 0.6) is 0 Å². The maximum Gasteiger partial charge on any atom is 0.167 e. The van der Waals surface area contributed by atoms with Crippen molar-refractivity contribution in [1.29, 1.82) is 0 Å². The fourth-order valence-corrected chi connectivity index (χ4v) is 2.20. The standard InChI is InChI=1S/C16H16N2O/c1-3-11-5-7-15-13(8-11)16(18-19-15)12-6-4-10(2)14(17)9-12/h4-9H,3,17H2,1-2H3. The van der Waals surface area contributed by atoms with Gasteiger partial charge in [-0.1, -0.05) is 30.3 Å². The first kappa shape index (κ1) is 11.8. The summed E-state index contributed by atoms with van der Waals surface area (Å²) in [6, 6.07) is 12.2. The zero-order valence-electron chi connectivity index (χ0n) is 11.1. The highest BCUT2D eigenvalue weighted by atomic mass is 16.5. The third kappa shape index (κ3) is 1.97. The van der Waals surface area contributed by atoms with Gasteiger partial charge in [-0.25, -0.2) is 0 Å². The number of rotatable bonds is 2. The number of fused-ring (bicyclic) bond motifs is 1. The number of aromatic nitrogens is 1. The van der Waals surface area contributed by atoms with Gasteiger partial charge in [-0.3, -0.25) is 0 Å². The van der Waals surface area contributed by atoms with Crippen LogP contribution in [0, 0.1) is 6.92 Å². The lowest BCUT2D eigenvalue weighted by atomic mass is 10.0. The Balaban J connectivity index is 2.21. The van der Waals surface area contributed by atoms with Gasteiger partial charge in [-0.2, -0.15) is 0 Å². The molecule has 1 aromatic heterocycles. The summed E-state index contributed by atoms with van der Waals surface area (Å²) in [4.78, 5) is 0. The summed E-state index contributed by atoms with van der Waals surface area (Å²) in [5.41, 5.74) is 11.8. The number of nitrogen functional groups attached to an aromatic ring is 1. The first-order chi connectivity index (χ1) is 9.19. The highest BCUT2D eigenvalue weighted by molar-refractivity contribution is 5.92. The topological polar surface area (TPSA) is 52.0 Å². The van der Waals surface area contributed by atoms with Gasteiger partial charge in [0.05, 0.1) is 0 Å². The van der Waals surface area contributed by atoms with Crippen molar-refractivity contribution in [1.82, 2.24) is 5.16 Å². The molecule has 0 bridgehead atoms. The number of aryl methyl sites for hydroxylation is 2. The first-order valence-electron chi connectivity index (χ1n) is 6.44. The minimum atomic E-state index is 0.778. The summed E-state index contributed by atoms with van der Waals surface area (Å²) in [7, 11) is 0. The third-order valence-electron chi connectivity index (χ3n) is 3.50. The molecule has 0 aliphatic heterocycles. The van der Waals surface area contributed by atoms with Crippen LogP contribution < -0.4 is 5.73 Å². The lowest BCUT2D eigenvalue weighted by Crippen LogP contribution is -1.90. The number of benzene rings is 2. The second kappa shape index (κ2) is 4.43. The van der Waals surface area contributed by atoms with E-state index in [9.17, 15) is 0 Å². The second-order valence-corrected chi connectivity index (χ2v) is 4.79. The zero-order chi connectivity index (χ0) is 13.4. The van der Waals surface area contributed by atoms with Crippen LogP contribution in [-0.2, 0) is 6.42 Å². The van der Waals surface area contributed by atoms with E-state index < -0.39 is 0 Å². The summed E-state index contributed by atoms with van der Waals surface area (Å²) < 4.78 is 5.38. The minimum absolute atomic E-state index is 0.778. The van der Waals surface area contributed by atoms with E-state index in [1.165, 1.54) is 5.56 Å². The van der Waals surface area contributed by atoms with Gasteiger partial charge >= 0.3 is 0 Å². The van der Waals surface area contributed by atoms with Crippen LogP contribution in [0.25, 0.3) is 22.2 Å². The molecule has 3 aromatic rings. The van der Waals surface area contributed by atoms with Crippen molar-refractivity contribution < 1.29 is 4.52 Å². The molecule has 1 heterocycles. The molecule has 0 saturated heterocycles. The molecule has 2 aromatic carbocycles. The van der Waals surface area contributed by atoms with Gasteiger partial charge in [0, 0.05) is 16.6 Å². The van der Waals surface area contributed by atoms with Crippen LogP contribution in [0.3, 0.4) is 0 Å². The molecule has 0 fully saturated rings. The van der Waals surface area contributed by atoms with Crippen LogP contribution in [0.15, 0.2) is 40.9 Å². The molecule has 3 heteroatoms. The van der Waals surface area contributed by atoms with Crippen molar-refractivity contribution in [3.05, 3.63) is 47.5 Å². The van der Waals surface area contributed by atoms with Crippen molar-refractivity contribution in [2.24, 2.45) is 0 Å². The largest absolute Gasteiger partial charge is 0.398 e. The summed E-state index contributed by atoms with van der Waals surface area (Å²) in [5, 5.41) is 5.23. The molecule has 0 unspecified atom stereocenters. The molecule has 0 saturated carbocycles. The molecule has 0 amide bonds. The molecule has 19 heavy (non-hydrogen) atoms. The predicted molar refractivity (Wildman–Crippen MR) is 78.0 cm³/mol. The van der Waals surface area contributed by atoms with Gasteiger partial charge in [-0.15, -0.1) is 0 Å². The minimum Gasteiger partial charge on any atom is -0.398 e. The van der Waals surface area contributed by atoms with E-state index in [0.29, 0.717) is 0 Å². The Hall–Kier alpha value is -2.29. The van der Waals surface area contributed by atoms with Crippen molar-refractivity contribution in [3.8, 4) is 11.3 Å². The van der Waals surface area contributed by atoms with Gasteiger partial charge in [0.2, 0.25) is 0 Å². The third-order valence-corrected chi connectivity index (χ3v) is 3.50. The Labute approximate surface area is 112 Å². The second-order valence-electron chi connectivity index (χ2n) is 4.79. The molecule has 3 nitrogen and oxygen atoms in total. The number of nitrogens with two attached hydrogens (primary N) is 1. The normalized spacial score (nSPS) is 11.1. The van der Waals surface area contributed by atoms with E-state index in [-0.39, 0.29) is 0 Å². The Morgan fingerprint density at radius 2 is 2.00 bits per heavy atom. The molecule has 0 atom stereocenters. The molecular formula is C16H16N2O. The molecule has 0 aliphatic rings. The van der Waals surface area contributed by atoms with E-state index in [1.54, 1.807) is 0 Å². The predicted octanol–water partition coefficient (Wildman–Crippen LogP) is 3.95. The van der Waals surface area contributed by atoms with Crippen LogP contribution in [-0.4, -0.2) is 5.16 Å². The summed E-state index contributed by atoms with van der Waals surface area (Å²) in [5.74, 6) is 0. The number of anilines is 1. The Morgan fingerprint density at radius 3 is 2.74 bits per heavy atom. The molecule has 0 aliphatic carbocycles. The van der Waals surface area contributed by atoms with E-state index >= 15 is 0 Å². The van der Waals surface area contributed by atoms with E-state index in [4.69, 9.17) is 10.3 Å². The van der Waals surface area contributed by atoms with Crippen molar-refractivity contribution >= 4 is 16.7 Å². The average molecular weight is 252 g/mol. The van der Waals surface area contributed by atoms with Gasteiger partial charge in [0.15, 0.2) is 5.58 Å². The van der Waals surface area contributed by atoms with Gasteiger partial charge in [0.25, 0.3) is 0 Å². The lowest BCUT2D eigenvalue weighted by Gasteiger charge is -2.03. The summed E-state index contributed by atoms with van der Waals surface area (Å²) in [6.45, 7) is 4.13.